The van der Waals surface area contributed by atoms with Crippen LogP contribution in [0.15, 0.2) is 24.3 Å². The minimum Gasteiger partial charge on any atom is -0.496 e. The zero-order chi connectivity index (χ0) is 13.5. The van der Waals surface area contributed by atoms with Crippen molar-refractivity contribution in [2.24, 2.45) is 5.92 Å². The van der Waals surface area contributed by atoms with E-state index in [0.29, 0.717) is 6.04 Å². The predicted molar refractivity (Wildman–Crippen MR) is 80.6 cm³/mol. The number of para-hydroxylation sites is 1. The molecule has 0 amide bonds. The summed E-state index contributed by atoms with van der Waals surface area (Å²) in [5, 5.41) is 3.75. The van der Waals surface area contributed by atoms with Crippen molar-refractivity contribution in [3.05, 3.63) is 29.8 Å². The minimum absolute atomic E-state index is 0.455. The van der Waals surface area contributed by atoms with Crippen molar-refractivity contribution in [3.63, 3.8) is 0 Å². The number of hydrogen-bond donors (Lipinski definition) is 1. The van der Waals surface area contributed by atoms with Gasteiger partial charge in [-0.2, -0.15) is 0 Å². The van der Waals surface area contributed by atoms with Crippen LogP contribution in [0.25, 0.3) is 0 Å². The summed E-state index contributed by atoms with van der Waals surface area (Å²) in [4.78, 5) is 0. The molecule has 19 heavy (non-hydrogen) atoms. The zero-order valence-electron chi connectivity index (χ0n) is 12.3. The molecule has 2 nitrogen and oxygen atoms in total. The molecule has 0 saturated heterocycles. The van der Waals surface area contributed by atoms with E-state index in [9.17, 15) is 0 Å². The molecule has 1 N–H and O–H groups in total. The van der Waals surface area contributed by atoms with Crippen molar-refractivity contribution in [1.29, 1.82) is 0 Å². The SMILES string of the molecule is CCCNC(c1ccccc1OC)C1CCCCC1. The predicted octanol–water partition coefficient (Wildman–Crippen LogP) is 4.32. The van der Waals surface area contributed by atoms with Gasteiger partial charge in [0.05, 0.1) is 7.11 Å². The Morgan fingerprint density at radius 3 is 2.63 bits per heavy atom. The number of nitrogens with one attached hydrogen (secondary N) is 1. The lowest BCUT2D eigenvalue weighted by molar-refractivity contribution is 0.266. The summed E-state index contributed by atoms with van der Waals surface area (Å²) in [5.74, 6) is 1.79. The van der Waals surface area contributed by atoms with Gasteiger partial charge in [-0.3, -0.25) is 0 Å². The third-order valence-corrected chi connectivity index (χ3v) is 4.21. The summed E-state index contributed by atoms with van der Waals surface area (Å²) in [6, 6.07) is 8.94. The molecule has 1 aliphatic carbocycles. The Hall–Kier alpha value is -1.02. The van der Waals surface area contributed by atoms with Gasteiger partial charge in [0.15, 0.2) is 0 Å². The third kappa shape index (κ3) is 3.73. The van der Waals surface area contributed by atoms with E-state index in [1.165, 1.54) is 44.1 Å². The summed E-state index contributed by atoms with van der Waals surface area (Å²) < 4.78 is 5.56. The smallest absolute Gasteiger partial charge is 0.123 e. The second-order valence-corrected chi connectivity index (χ2v) is 5.57. The highest BCUT2D eigenvalue weighted by atomic mass is 16.5. The first-order valence-electron chi connectivity index (χ1n) is 7.73. The molecule has 0 aromatic heterocycles. The second-order valence-electron chi connectivity index (χ2n) is 5.57. The fourth-order valence-electron chi connectivity index (χ4n) is 3.22. The zero-order valence-corrected chi connectivity index (χ0v) is 12.3. The van der Waals surface area contributed by atoms with Gasteiger partial charge < -0.3 is 10.1 Å². The Kier molecular flexibility index (Phi) is 5.71. The van der Waals surface area contributed by atoms with Gasteiger partial charge in [0.25, 0.3) is 0 Å². The van der Waals surface area contributed by atoms with Gasteiger partial charge >= 0.3 is 0 Å². The first-order chi connectivity index (χ1) is 9.36. The molecule has 1 fully saturated rings. The van der Waals surface area contributed by atoms with E-state index in [2.05, 4.69) is 36.5 Å². The maximum atomic E-state index is 5.56. The molecule has 0 radical (unpaired) electrons. The van der Waals surface area contributed by atoms with Crippen LogP contribution < -0.4 is 10.1 Å². The van der Waals surface area contributed by atoms with Crippen LogP contribution in [-0.4, -0.2) is 13.7 Å². The Bertz CT molecular complexity index is 371. The normalized spacial score (nSPS) is 18.2. The monoisotopic (exact) mass is 261 g/mol. The minimum atomic E-state index is 0.455. The van der Waals surface area contributed by atoms with Crippen molar-refractivity contribution in [1.82, 2.24) is 5.32 Å². The highest BCUT2D eigenvalue weighted by molar-refractivity contribution is 5.36. The van der Waals surface area contributed by atoms with Crippen molar-refractivity contribution >= 4 is 0 Å². The van der Waals surface area contributed by atoms with E-state index < -0.39 is 0 Å². The van der Waals surface area contributed by atoms with E-state index in [1.54, 1.807) is 7.11 Å². The van der Waals surface area contributed by atoms with E-state index in [4.69, 9.17) is 4.74 Å². The fourth-order valence-corrected chi connectivity index (χ4v) is 3.22. The first-order valence-corrected chi connectivity index (χ1v) is 7.73. The molecule has 1 atom stereocenters. The first kappa shape index (κ1) is 14.4. The van der Waals surface area contributed by atoms with Gasteiger partial charge in [-0.15, -0.1) is 0 Å². The molecule has 1 aromatic rings. The molecule has 106 valence electrons. The molecule has 1 unspecified atom stereocenters. The number of benzene rings is 1. The van der Waals surface area contributed by atoms with Crippen molar-refractivity contribution in [3.8, 4) is 5.75 Å². The molecule has 1 aliphatic rings. The molecule has 1 aromatic carbocycles. The molecule has 0 spiro atoms. The molecular formula is C17H27NO. The van der Waals surface area contributed by atoms with Gasteiger partial charge in [-0.1, -0.05) is 44.4 Å². The van der Waals surface area contributed by atoms with Gasteiger partial charge in [0.2, 0.25) is 0 Å². The Labute approximate surface area is 117 Å². The fraction of sp³-hybridized carbons (Fsp3) is 0.647. The van der Waals surface area contributed by atoms with Gasteiger partial charge in [0.1, 0.15) is 5.75 Å². The Morgan fingerprint density at radius 1 is 1.21 bits per heavy atom. The summed E-state index contributed by atoms with van der Waals surface area (Å²) in [6.07, 6.45) is 8.04. The standard InChI is InChI=1S/C17H27NO/c1-3-13-18-17(14-9-5-4-6-10-14)15-11-7-8-12-16(15)19-2/h7-8,11-12,14,17-18H,3-6,9-10,13H2,1-2H3. The number of ether oxygens (including phenoxy) is 1. The van der Waals surface area contributed by atoms with Crippen molar-refractivity contribution in [2.45, 2.75) is 51.5 Å². The molecule has 2 heteroatoms. The average molecular weight is 261 g/mol. The Balaban J connectivity index is 2.19. The van der Waals surface area contributed by atoms with Crippen molar-refractivity contribution in [2.75, 3.05) is 13.7 Å². The van der Waals surface area contributed by atoms with Crippen LogP contribution in [0.2, 0.25) is 0 Å². The van der Waals surface area contributed by atoms with Gasteiger partial charge in [-0.05, 0) is 37.8 Å². The lowest BCUT2D eigenvalue weighted by Gasteiger charge is -2.32. The summed E-state index contributed by atoms with van der Waals surface area (Å²) >= 11 is 0. The lowest BCUT2D eigenvalue weighted by Crippen LogP contribution is -2.30. The number of rotatable bonds is 6. The Morgan fingerprint density at radius 2 is 1.95 bits per heavy atom. The summed E-state index contributed by atoms with van der Waals surface area (Å²) in [6.45, 7) is 3.31. The molecule has 0 aliphatic heterocycles. The third-order valence-electron chi connectivity index (χ3n) is 4.21. The van der Waals surface area contributed by atoms with Gasteiger partial charge in [0, 0.05) is 11.6 Å². The van der Waals surface area contributed by atoms with Crippen LogP contribution in [0.4, 0.5) is 0 Å². The maximum Gasteiger partial charge on any atom is 0.123 e. The molecule has 2 rings (SSSR count). The molecular weight excluding hydrogens is 234 g/mol. The van der Waals surface area contributed by atoms with Crippen LogP contribution in [0.1, 0.15) is 57.1 Å². The van der Waals surface area contributed by atoms with Crippen LogP contribution in [0, 0.1) is 5.92 Å². The van der Waals surface area contributed by atoms with Crippen LogP contribution in [0.3, 0.4) is 0 Å². The van der Waals surface area contributed by atoms with Crippen molar-refractivity contribution < 1.29 is 4.74 Å². The number of hydrogen-bond acceptors (Lipinski definition) is 2. The second kappa shape index (κ2) is 7.54. The van der Waals surface area contributed by atoms with Gasteiger partial charge in [-0.25, -0.2) is 0 Å². The highest BCUT2D eigenvalue weighted by Gasteiger charge is 2.26. The largest absolute Gasteiger partial charge is 0.496 e. The van der Waals surface area contributed by atoms with Crippen LogP contribution >= 0.6 is 0 Å². The van der Waals surface area contributed by atoms with E-state index >= 15 is 0 Å². The van der Waals surface area contributed by atoms with E-state index in [0.717, 1.165) is 18.2 Å². The number of methoxy groups -OCH3 is 1. The lowest BCUT2D eigenvalue weighted by atomic mass is 9.81. The molecule has 0 bridgehead atoms. The average Bonchev–Trinajstić information content (AvgIpc) is 2.49. The summed E-state index contributed by atoms with van der Waals surface area (Å²) in [7, 11) is 1.77. The van der Waals surface area contributed by atoms with Crippen LogP contribution in [-0.2, 0) is 0 Å². The van der Waals surface area contributed by atoms with E-state index in [-0.39, 0.29) is 0 Å². The molecule has 0 heterocycles. The summed E-state index contributed by atoms with van der Waals surface area (Å²) in [5.41, 5.74) is 1.34. The molecule has 1 saturated carbocycles. The maximum absolute atomic E-state index is 5.56. The quantitative estimate of drug-likeness (QED) is 0.823. The van der Waals surface area contributed by atoms with Crippen LogP contribution in [0.5, 0.6) is 5.75 Å². The van der Waals surface area contributed by atoms with E-state index in [1.807, 2.05) is 0 Å². The topological polar surface area (TPSA) is 21.3 Å². The highest BCUT2D eigenvalue weighted by Crippen LogP contribution is 2.37.